The Morgan fingerprint density at radius 2 is 1.50 bits per heavy atom. The second kappa shape index (κ2) is 9.69. The molecule has 11 heteroatoms. The summed E-state index contributed by atoms with van der Waals surface area (Å²) in [6.07, 6.45) is -5.91. The van der Waals surface area contributed by atoms with Gasteiger partial charge in [0.05, 0.1) is 13.0 Å². The van der Waals surface area contributed by atoms with Gasteiger partial charge in [-0.2, -0.15) is 5.48 Å². The van der Waals surface area contributed by atoms with Gasteiger partial charge in [-0.1, -0.05) is 6.92 Å². The van der Waals surface area contributed by atoms with Gasteiger partial charge < -0.3 is 23.7 Å². The molecule has 0 radical (unpaired) electrons. The maximum Gasteiger partial charge on any atom is 0.431 e. The van der Waals surface area contributed by atoms with Gasteiger partial charge in [0.15, 0.2) is 18.5 Å². The Morgan fingerprint density at radius 1 is 0.964 bits per heavy atom. The number of esters is 3. The molecule has 1 unspecified atom stereocenters. The van der Waals surface area contributed by atoms with Crippen LogP contribution < -0.4 is 5.48 Å². The molecule has 28 heavy (non-hydrogen) atoms. The Hall–Kier alpha value is -2.40. The molecule has 0 aliphatic carbocycles. The fourth-order valence-electron chi connectivity index (χ4n) is 2.50. The Balaban J connectivity index is 3.03. The molecular weight excluding hydrogens is 378 g/mol. The number of hydrogen-bond donors (Lipinski definition) is 1. The normalized spacial score (nSPS) is 27.3. The van der Waals surface area contributed by atoms with Crippen molar-refractivity contribution in [2.24, 2.45) is 5.92 Å². The maximum absolute atomic E-state index is 12.1. The molecule has 0 saturated carbocycles. The Morgan fingerprint density at radius 3 is 1.96 bits per heavy atom. The lowest BCUT2D eigenvalue weighted by Gasteiger charge is -2.42. The van der Waals surface area contributed by atoms with Gasteiger partial charge in [-0.15, -0.1) is 0 Å². The van der Waals surface area contributed by atoms with Crippen molar-refractivity contribution in [3.05, 3.63) is 0 Å². The second-order valence-electron chi connectivity index (χ2n) is 7.18. The van der Waals surface area contributed by atoms with E-state index in [2.05, 4.69) is 10.2 Å². The summed E-state index contributed by atoms with van der Waals surface area (Å²) >= 11 is 0. The molecule has 0 spiro atoms. The smallest absolute Gasteiger partial charge is 0.431 e. The molecule has 0 aromatic carbocycles. The molecule has 1 aliphatic heterocycles. The Labute approximate surface area is 162 Å². The minimum absolute atomic E-state index is 0.668. The molecule has 1 N–H and O–H groups in total. The van der Waals surface area contributed by atoms with Crippen LogP contribution in [0.4, 0.5) is 4.79 Å². The lowest BCUT2D eigenvalue weighted by molar-refractivity contribution is -0.293. The van der Waals surface area contributed by atoms with Gasteiger partial charge in [-0.25, -0.2) is 14.4 Å². The van der Waals surface area contributed by atoms with Crippen LogP contribution in [0, 0.1) is 5.92 Å². The van der Waals surface area contributed by atoms with Gasteiger partial charge in [0.1, 0.15) is 11.7 Å². The van der Waals surface area contributed by atoms with Crippen LogP contribution in [0.3, 0.4) is 0 Å². The molecule has 11 nitrogen and oxygen atoms in total. The third kappa shape index (κ3) is 6.97. The lowest BCUT2D eigenvalue weighted by atomic mass is 9.91. The maximum atomic E-state index is 12.1. The van der Waals surface area contributed by atoms with Crippen LogP contribution in [0.25, 0.3) is 0 Å². The number of amides is 1. The number of ether oxygens (including phenoxy) is 5. The first kappa shape index (κ1) is 23.6. The van der Waals surface area contributed by atoms with E-state index in [1.807, 2.05) is 0 Å². The SMILES string of the molecule is COC(=O)C1O[C@@H](ONC(=O)OC(C)(C)C)[C@H](C)[C@@H](OC(C)=O)[C@@H]1OC(C)=O. The van der Waals surface area contributed by atoms with E-state index in [4.69, 9.17) is 23.8 Å². The van der Waals surface area contributed by atoms with Crippen LogP contribution in [0.15, 0.2) is 0 Å². The highest BCUT2D eigenvalue weighted by atomic mass is 16.8. The van der Waals surface area contributed by atoms with Gasteiger partial charge in [0.2, 0.25) is 0 Å². The van der Waals surface area contributed by atoms with Gasteiger partial charge in [0.25, 0.3) is 0 Å². The van der Waals surface area contributed by atoms with Gasteiger partial charge in [-0.3, -0.25) is 9.59 Å². The van der Waals surface area contributed by atoms with E-state index < -0.39 is 60.1 Å². The van der Waals surface area contributed by atoms with Crippen LogP contribution >= 0.6 is 0 Å². The van der Waals surface area contributed by atoms with E-state index in [9.17, 15) is 19.2 Å². The first-order chi connectivity index (χ1) is 12.9. The summed E-state index contributed by atoms with van der Waals surface area (Å²) in [6, 6.07) is 0. The van der Waals surface area contributed by atoms with Crippen molar-refractivity contribution >= 4 is 24.0 Å². The minimum Gasteiger partial charge on any atom is -0.467 e. The number of hydrogen-bond acceptors (Lipinski definition) is 10. The van der Waals surface area contributed by atoms with E-state index in [-0.39, 0.29) is 0 Å². The van der Waals surface area contributed by atoms with Crippen molar-refractivity contribution in [2.75, 3.05) is 7.11 Å². The molecule has 0 aromatic rings. The molecule has 1 heterocycles. The third-order valence-corrected chi connectivity index (χ3v) is 3.55. The highest BCUT2D eigenvalue weighted by molar-refractivity contribution is 5.77. The predicted molar refractivity (Wildman–Crippen MR) is 91.4 cm³/mol. The van der Waals surface area contributed by atoms with E-state index in [1.54, 1.807) is 27.7 Å². The summed E-state index contributed by atoms with van der Waals surface area (Å²) in [6.45, 7) is 8.87. The molecule has 1 aliphatic rings. The average molecular weight is 405 g/mol. The quantitative estimate of drug-likeness (QED) is 0.398. The number of carbonyl (C=O) groups is 4. The highest BCUT2D eigenvalue weighted by Gasteiger charge is 2.52. The number of hydroxylamine groups is 1. The standard InChI is InChI=1S/C17H27NO10/c1-8-11(24-9(2)19)12(25-10(3)20)13(14(21)23-7)26-15(8)28-18-16(22)27-17(4,5)6/h8,11-13,15H,1-7H3,(H,18,22)/t8-,11-,12+,13?,15+/m1/s1. The third-order valence-electron chi connectivity index (χ3n) is 3.55. The van der Waals surface area contributed by atoms with Crippen LogP contribution in [-0.4, -0.2) is 61.3 Å². The largest absolute Gasteiger partial charge is 0.467 e. The van der Waals surface area contributed by atoms with E-state index in [0.717, 1.165) is 21.0 Å². The van der Waals surface area contributed by atoms with Gasteiger partial charge >= 0.3 is 24.0 Å². The fraction of sp³-hybridized carbons (Fsp3) is 0.765. The van der Waals surface area contributed by atoms with Crippen molar-refractivity contribution in [1.82, 2.24) is 5.48 Å². The monoisotopic (exact) mass is 405 g/mol. The number of carbonyl (C=O) groups excluding carboxylic acids is 4. The second-order valence-corrected chi connectivity index (χ2v) is 7.18. The predicted octanol–water partition coefficient (Wildman–Crippen LogP) is 0.840. The van der Waals surface area contributed by atoms with Crippen molar-refractivity contribution in [1.29, 1.82) is 0 Å². The summed E-state index contributed by atoms with van der Waals surface area (Å²) in [4.78, 5) is 52.1. The Kier molecular flexibility index (Phi) is 8.18. The first-order valence-electron chi connectivity index (χ1n) is 8.58. The van der Waals surface area contributed by atoms with Crippen molar-refractivity contribution in [3.63, 3.8) is 0 Å². The topological polar surface area (TPSA) is 136 Å². The molecular formula is C17H27NO10. The molecule has 160 valence electrons. The van der Waals surface area contributed by atoms with Crippen molar-refractivity contribution in [2.45, 2.75) is 71.7 Å². The Bertz CT molecular complexity index is 599. The van der Waals surface area contributed by atoms with Crippen molar-refractivity contribution in [3.8, 4) is 0 Å². The van der Waals surface area contributed by atoms with Gasteiger partial charge in [-0.05, 0) is 20.8 Å². The van der Waals surface area contributed by atoms with Crippen LogP contribution in [-0.2, 0) is 42.9 Å². The molecule has 5 atom stereocenters. The van der Waals surface area contributed by atoms with Crippen molar-refractivity contribution < 1.29 is 47.7 Å². The summed E-state index contributed by atoms with van der Waals surface area (Å²) in [5.41, 5.74) is 1.30. The summed E-state index contributed by atoms with van der Waals surface area (Å²) in [5, 5.41) is 0. The zero-order valence-corrected chi connectivity index (χ0v) is 17.0. The number of nitrogens with one attached hydrogen (secondary N) is 1. The molecule has 1 amide bonds. The zero-order chi connectivity index (χ0) is 21.6. The van der Waals surface area contributed by atoms with Crippen LogP contribution in [0.5, 0.6) is 0 Å². The lowest BCUT2D eigenvalue weighted by Crippen LogP contribution is -2.60. The van der Waals surface area contributed by atoms with E-state index >= 15 is 0 Å². The summed E-state index contributed by atoms with van der Waals surface area (Å²) in [7, 11) is 1.12. The van der Waals surface area contributed by atoms with Crippen LogP contribution in [0.1, 0.15) is 41.5 Å². The van der Waals surface area contributed by atoms with E-state index in [1.165, 1.54) is 0 Å². The summed E-state index contributed by atoms with van der Waals surface area (Å²) in [5.74, 6) is -2.98. The average Bonchev–Trinajstić information content (AvgIpc) is 2.54. The first-order valence-corrected chi connectivity index (χ1v) is 8.58. The van der Waals surface area contributed by atoms with E-state index in [0.29, 0.717) is 0 Å². The number of rotatable bonds is 5. The molecule has 0 aromatic heterocycles. The van der Waals surface area contributed by atoms with Gasteiger partial charge in [0, 0.05) is 13.8 Å². The number of methoxy groups -OCH3 is 1. The molecule has 1 fully saturated rings. The highest BCUT2D eigenvalue weighted by Crippen LogP contribution is 2.31. The molecule has 1 saturated heterocycles. The zero-order valence-electron chi connectivity index (χ0n) is 17.0. The minimum atomic E-state index is -1.44. The molecule has 0 bridgehead atoms. The summed E-state index contributed by atoms with van der Waals surface area (Å²) < 4.78 is 25.6. The molecule has 1 rings (SSSR count). The fourth-order valence-corrected chi connectivity index (χ4v) is 2.50. The van der Waals surface area contributed by atoms with Crippen LogP contribution in [0.2, 0.25) is 0 Å².